The summed E-state index contributed by atoms with van der Waals surface area (Å²) in [6.07, 6.45) is 4.79. The fourth-order valence-corrected chi connectivity index (χ4v) is 2.74. The lowest BCUT2D eigenvalue weighted by atomic mass is 10.2. The zero-order valence-corrected chi connectivity index (χ0v) is 13.8. The molecule has 2 aromatic heterocycles. The maximum absolute atomic E-state index is 5.86. The van der Waals surface area contributed by atoms with Gasteiger partial charge in [-0.25, -0.2) is 0 Å². The van der Waals surface area contributed by atoms with Crippen LogP contribution in [0, 0.1) is 0 Å². The van der Waals surface area contributed by atoms with Crippen LogP contribution in [0.2, 0.25) is 0 Å². The zero-order chi connectivity index (χ0) is 16.1. The summed E-state index contributed by atoms with van der Waals surface area (Å²) >= 11 is 0. The molecule has 0 bridgehead atoms. The van der Waals surface area contributed by atoms with Crippen molar-refractivity contribution in [1.29, 1.82) is 0 Å². The SMILES string of the molecule is CCCCc1noc(CN2CCOC(c3nncn3CC)C2)n1. The van der Waals surface area contributed by atoms with Crippen LogP contribution in [-0.2, 0) is 24.2 Å². The number of aromatic nitrogens is 5. The molecule has 0 saturated carbocycles. The van der Waals surface area contributed by atoms with E-state index in [2.05, 4.69) is 39.1 Å². The highest BCUT2D eigenvalue weighted by Gasteiger charge is 2.26. The Morgan fingerprint density at radius 1 is 1.35 bits per heavy atom. The van der Waals surface area contributed by atoms with Crippen LogP contribution in [0.5, 0.6) is 0 Å². The number of morpholine rings is 1. The predicted molar refractivity (Wildman–Crippen MR) is 82.6 cm³/mol. The predicted octanol–water partition coefficient (Wildman–Crippen LogP) is 1.60. The van der Waals surface area contributed by atoms with Gasteiger partial charge in [0.1, 0.15) is 12.4 Å². The van der Waals surface area contributed by atoms with Gasteiger partial charge in [-0.05, 0) is 13.3 Å². The molecule has 0 aliphatic carbocycles. The van der Waals surface area contributed by atoms with Gasteiger partial charge in [0.05, 0.1) is 13.2 Å². The average Bonchev–Trinajstić information content (AvgIpc) is 3.22. The summed E-state index contributed by atoms with van der Waals surface area (Å²) in [4.78, 5) is 6.73. The molecule has 0 radical (unpaired) electrons. The molecule has 1 aliphatic heterocycles. The fourth-order valence-electron chi connectivity index (χ4n) is 2.74. The van der Waals surface area contributed by atoms with Gasteiger partial charge < -0.3 is 13.8 Å². The number of ether oxygens (including phenoxy) is 1. The summed E-state index contributed by atoms with van der Waals surface area (Å²) < 4.78 is 13.2. The second-order valence-electron chi connectivity index (χ2n) is 5.78. The molecule has 1 atom stereocenters. The summed E-state index contributed by atoms with van der Waals surface area (Å²) in [7, 11) is 0. The minimum Gasteiger partial charge on any atom is -0.368 e. The number of rotatable bonds is 7. The smallest absolute Gasteiger partial charge is 0.240 e. The summed E-state index contributed by atoms with van der Waals surface area (Å²) in [5, 5.41) is 12.2. The quantitative estimate of drug-likeness (QED) is 0.766. The number of hydrogen-bond donors (Lipinski definition) is 0. The van der Waals surface area contributed by atoms with E-state index in [1.54, 1.807) is 6.33 Å². The van der Waals surface area contributed by atoms with Crippen molar-refractivity contribution in [1.82, 2.24) is 29.8 Å². The molecule has 1 aliphatic rings. The summed E-state index contributed by atoms with van der Waals surface area (Å²) in [6, 6.07) is 0. The lowest BCUT2D eigenvalue weighted by molar-refractivity contribution is -0.0414. The summed E-state index contributed by atoms with van der Waals surface area (Å²) in [5.74, 6) is 2.36. The molecule has 3 rings (SSSR count). The van der Waals surface area contributed by atoms with Crippen molar-refractivity contribution < 1.29 is 9.26 Å². The van der Waals surface area contributed by atoms with Gasteiger partial charge in [-0.2, -0.15) is 4.98 Å². The van der Waals surface area contributed by atoms with E-state index >= 15 is 0 Å². The van der Waals surface area contributed by atoms with Crippen molar-refractivity contribution in [2.24, 2.45) is 0 Å². The van der Waals surface area contributed by atoms with Gasteiger partial charge >= 0.3 is 0 Å². The lowest BCUT2D eigenvalue weighted by Gasteiger charge is -2.31. The molecule has 23 heavy (non-hydrogen) atoms. The average molecular weight is 320 g/mol. The normalized spacial score (nSPS) is 19.3. The zero-order valence-electron chi connectivity index (χ0n) is 13.8. The van der Waals surface area contributed by atoms with Crippen LogP contribution in [0.4, 0.5) is 0 Å². The minimum atomic E-state index is -0.0614. The molecule has 2 aromatic rings. The van der Waals surface area contributed by atoms with Crippen molar-refractivity contribution >= 4 is 0 Å². The Morgan fingerprint density at radius 2 is 2.26 bits per heavy atom. The molecule has 0 N–H and O–H groups in total. The largest absolute Gasteiger partial charge is 0.368 e. The molecule has 0 aromatic carbocycles. The second kappa shape index (κ2) is 7.65. The van der Waals surface area contributed by atoms with Crippen LogP contribution >= 0.6 is 0 Å². The van der Waals surface area contributed by atoms with Crippen LogP contribution in [0.1, 0.15) is 50.3 Å². The monoisotopic (exact) mass is 320 g/mol. The number of aryl methyl sites for hydroxylation is 2. The first-order chi connectivity index (χ1) is 11.3. The third-order valence-electron chi connectivity index (χ3n) is 4.05. The molecule has 8 nitrogen and oxygen atoms in total. The highest BCUT2D eigenvalue weighted by atomic mass is 16.5. The first-order valence-electron chi connectivity index (χ1n) is 8.33. The van der Waals surface area contributed by atoms with Crippen LogP contribution in [-0.4, -0.2) is 49.5 Å². The second-order valence-corrected chi connectivity index (χ2v) is 5.78. The van der Waals surface area contributed by atoms with E-state index in [0.29, 0.717) is 19.0 Å². The van der Waals surface area contributed by atoms with Crippen LogP contribution in [0.3, 0.4) is 0 Å². The molecule has 0 spiro atoms. The third-order valence-corrected chi connectivity index (χ3v) is 4.05. The van der Waals surface area contributed by atoms with E-state index < -0.39 is 0 Å². The molecular formula is C15H24N6O2. The Hall–Kier alpha value is -1.80. The van der Waals surface area contributed by atoms with Crippen molar-refractivity contribution in [3.63, 3.8) is 0 Å². The standard InChI is InChI=1S/C15H24N6O2/c1-3-5-6-13-17-14(23-19-13)10-20-7-8-22-12(9-20)15-18-16-11-21(15)4-2/h11-12H,3-10H2,1-2H3. The fraction of sp³-hybridized carbons (Fsp3) is 0.733. The Bertz CT molecular complexity index is 611. The van der Waals surface area contributed by atoms with Crippen LogP contribution in [0.25, 0.3) is 0 Å². The Morgan fingerprint density at radius 3 is 3.09 bits per heavy atom. The van der Waals surface area contributed by atoms with Gasteiger partial charge in [-0.3, -0.25) is 4.90 Å². The van der Waals surface area contributed by atoms with E-state index in [4.69, 9.17) is 9.26 Å². The third kappa shape index (κ3) is 3.94. The molecular weight excluding hydrogens is 296 g/mol. The molecule has 126 valence electrons. The molecule has 8 heteroatoms. The van der Waals surface area contributed by atoms with Gasteiger partial charge in [0.15, 0.2) is 11.6 Å². The van der Waals surface area contributed by atoms with Gasteiger partial charge in [0.2, 0.25) is 5.89 Å². The Balaban J connectivity index is 1.59. The highest BCUT2D eigenvalue weighted by molar-refractivity contribution is 4.95. The van der Waals surface area contributed by atoms with E-state index in [1.807, 2.05) is 4.57 Å². The lowest BCUT2D eigenvalue weighted by Crippen LogP contribution is -2.38. The van der Waals surface area contributed by atoms with Gasteiger partial charge in [-0.1, -0.05) is 18.5 Å². The van der Waals surface area contributed by atoms with Gasteiger partial charge in [0.25, 0.3) is 0 Å². The van der Waals surface area contributed by atoms with Gasteiger partial charge in [-0.15, -0.1) is 10.2 Å². The summed E-state index contributed by atoms with van der Waals surface area (Å²) in [5.41, 5.74) is 0. The van der Waals surface area contributed by atoms with E-state index in [0.717, 1.165) is 50.5 Å². The van der Waals surface area contributed by atoms with Crippen LogP contribution in [0.15, 0.2) is 10.9 Å². The van der Waals surface area contributed by atoms with Crippen LogP contribution < -0.4 is 0 Å². The molecule has 0 amide bonds. The van der Waals surface area contributed by atoms with Crippen molar-refractivity contribution in [3.05, 3.63) is 23.9 Å². The maximum atomic E-state index is 5.86. The first kappa shape index (κ1) is 16.1. The van der Waals surface area contributed by atoms with E-state index in [1.165, 1.54) is 0 Å². The Labute approximate surface area is 135 Å². The molecule has 1 unspecified atom stereocenters. The van der Waals surface area contributed by atoms with Crippen molar-refractivity contribution in [3.8, 4) is 0 Å². The van der Waals surface area contributed by atoms with E-state index in [9.17, 15) is 0 Å². The number of unbranched alkanes of at least 4 members (excludes halogenated alkanes) is 1. The Kier molecular flexibility index (Phi) is 5.35. The topological polar surface area (TPSA) is 82.1 Å². The number of nitrogens with zero attached hydrogens (tertiary/aromatic N) is 6. The summed E-state index contributed by atoms with van der Waals surface area (Å²) in [6.45, 7) is 7.99. The van der Waals surface area contributed by atoms with E-state index in [-0.39, 0.29) is 6.10 Å². The minimum absolute atomic E-state index is 0.0614. The molecule has 1 saturated heterocycles. The molecule has 3 heterocycles. The first-order valence-corrected chi connectivity index (χ1v) is 8.33. The van der Waals surface area contributed by atoms with Crippen molar-refractivity contribution in [2.45, 2.75) is 52.3 Å². The highest BCUT2D eigenvalue weighted by Crippen LogP contribution is 2.21. The maximum Gasteiger partial charge on any atom is 0.240 e. The van der Waals surface area contributed by atoms with Crippen molar-refractivity contribution in [2.75, 3.05) is 19.7 Å². The van der Waals surface area contributed by atoms with Gasteiger partial charge in [0, 0.05) is 26.1 Å². The molecule has 1 fully saturated rings. The number of hydrogen-bond acceptors (Lipinski definition) is 7.